The van der Waals surface area contributed by atoms with E-state index in [-0.39, 0.29) is 12.5 Å². The van der Waals surface area contributed by atoms with E-state index in [9.17, 15) is 4.79 Å². The van der Waals surface area contributed by atoms with E-state index in [1.165, 1.54) is 0 Å². The summed E-state index contributed by atoms with van der Waals surface area (Å²) >= 11 is 0. The SMILES string of the molecule is CCCNC(=O)CNc1ccccc1N. The average molecular weight is 207 g/mol. The average Bonchev–Trinajstić information content (AvgIpc) is 2.25. The predicted molar refractivity (Wildman–Crippen MR) is 62.6 cm³/mol. The highest BCUT2D eigenvalue weighted by molar-refractivity contribution is 5.82. The number of nitrogens with one attached hydrogen (secondary N) is 2. The van der Waals surface area contributed by atoms with Gasteiger partial charge in [0.05, 0.1) is 17.9 Å². The standard InChI is InChI=1S/C11H17N3O/c1-2-7-13-11(15)8-14-10-6-4-3-5-9(10)12/h3-6,14H,2,7-8,12H2,1H3,(H,13,15). The van der Waals surface area contributed by atoms with Crippen LogP contribution in [-0.2, 0) is 4.79 Å². The van der Waals surface area contributed by atoms with Crippen molar-refractivity contribution in [3.05, 3.63) is 24.3 Å². The summed E-state index contributed by atoms with van der Waals surface area (Å²) in [5.41, 5.74) is 7.16. The quantitative estimate of drug-likeness (QED) is 0.636. The summed E-state index contributed by atoms with van der Waals surface area (Å²) in [5.74, 6) is -0.0138. The first-order valence-electron chi connectivity index (χ1n) is 5.09. The number of benzene rings is 1. The topological polar surface area (TPSA) is 67.2 Å². The van der Waals surface area contributed by atoms with Crippen LogP contribution in [0.1, 0.15) is 13.3 Å². The summed E-state index contributed by atoms with van der Waals surface area (Å²) in [6.45, 7) is 2.99. The first-order chi connectivity index (χ1) is 7.24. The van der Waals surface area contributed by atoms with Gasteiger partial charge in [-0.05, 0) is 18.6 Å². The zero-order chi connectivity index (χ0) is 11.1. The molecule has 0 saturated carbocycles. The van der Waals surface area contributed by atoms with Crippen molar-refractivity contribution in [1.82, 2.24) is 5.32 Å². The van der Waals surface area contributed by atoms with Gasteiger partial charge in [-0.15, -0.1) is 0 Å². The molecule has 0 saturated heterocycles. The van der Waals surface area contributed by atoms with E-state index >= 15 is 0 Å². The summed E-state index contributed by atoms with van der Waals surface area (Å²) in [4.78, 5) is 11.3. The second-order valence-electron chi connectivity index (χ2n) is 3.29. The molecular formula is C11H17N3O. The highest BCUT2D eigenvalue weighted by atomic mass is 16.1. The van der Waals surface area contributed by atoms with Gasteiger partial charge in [0, 0.05) is 6.54 Å². The second kappa shape index (κ2) is 5.90. The molecule has 0 spiro atoms. The van der Waals surface area contributed by atoms with Gasteiger partial charge in [0.2, 0.25) is 5.91 Å². The number of anilines is 2. The Morgan fingerprint density at radius 2 is 2.13 bits per heavy atom. The molecule has 0 fully saturated rings. The Morgan fingerprint density at radius 1 is 1.40 bits per heavy atom. The van der Waals surface area contributed by atoms with Gasteiger partial charge in [-0.25, -0.2) is 0 Å². The van der Waals surface area contributed by atoms with Crippen molar-refractivity contribution < 1.29 is 4.79 Å². The minimum atomic E-state index is -0.0138. The van der Waals surface area contributed by atoms with Crippen molar-refractivity contribution in [3.63, 3.8) is 0 Å². The van der Waals surface area contributed by atoms with Gasteiger partial charge in [-0.3, -0.25) is 4.79 Å². The molecule has 0 aromatic heterocycles. The summed E-state index contributed by atoms with van der Waals surface area (Å²) in [6, 6.07) is 7.38. The fourth-order valence-electron chi connectivity index (χ4n) is 1.16. The lowest BCUT2D eigenvalue weighted by molar-refractivity contribution is -0.119. The smallest absolute Gasteiger partial charge is 0.239 e. The van der Waals surface area contributed by atoms with Crippen LogP contribution in [0.25, 0.3) is 0 Å². The van der Waals surface area contributed by atoms with E-state index in [2.05, 4.69) is 10.6 Å². The third-order valence-electron chi connectivity index (χ3n) is 1.97. The van der Waals surface area contributed by atoms with E-state index in [0.29, 0.717) is 12.2 Å². The Hall–Kier alpha value is -1.71. The molecule has 4 heteroatoms. The zero-order valence-corrected chi connectivity index (χ0v) is 8.92. The van der Waals surface area contributed by atoms with Crippen molar-refractivity contribution in [1.29, 1.82) is 0 Å². The molecule has 82 valence electrons. The number of carbonyl (C=O) groups excluding carboxylic acids is 1. The molecule has 1 rings (SSSR count). The molecule has 0 radical (unpaired) electrons. The molecule has 1 aromatic carbocycles. The van der Waals surface area contributed by atoms with E-state index in [4.69, 9.17) is 5.73 Å². The molecule has 1 aromatic rings. The molecule has 0 atom stereocenters. The Balaban J connectivity index is 2.37. The predicted octanol–water partition coefficient (Wildman–Crippen LogP) is 1.21. The molecule has 0 aliphatic rings. The van der Waals surface area contributed by atoms with Crippen LogP contribution in [0.2, 0.25) is 0 Å². The van der Waals surface area contributed by atoms with Gasteiger partial charge < -0.3 is 16.4 Å². The maximum atomic E-state index is 11.3. The van der Waals surface area contributed by atoms with Crippen LogP contribution in [0.15, 0.2) is 24.3 Å². The normalized spacial score (nSPS) is 9.67. The van der Waals surface area contributed by atoms with E-state index in [1.807, 2.05) is 25.1 Å². The zero-order valence-electron chi connectivity index (χ0n) is 8.92. The van der Waals surface area contributed by atoms with E-state index < -0.39 is 0 Å². The van der Waals surface area contributed by atoms with Crippen LogP contribution in [0.3, 0.4) is 0 Å². The molecule has 0 heterocycles. The van der Waals surface area contributed by atoms with Crippen LogP contribution in [0.5, 0.6) is 0 Å². The molecule has 0 aliphatic heterocycles. The van der Waals surface area contributed by atoms with Crippen molar-refractivity contribution in [2.45, 2.75) is 13.3 Å². The maximum Gasteiger partial charge on any atom is 0.239 e. The van der Waals surface area contributed by atoms with Crippen LogP contribution in [-0.4, -0.2) is 19.0 Å². The van der Waals surface area contributed by atoms with Gasteiger partial charge >= 0.3 is 0 Å². The van der Waals surface area contributed by atoms with Gasteiger partial charge in [0.1, 0.15) is 0 Å². The molecular weight excluding hydrogens is 190 g/mol. The molecule has 0 aliphatic carbocycles. The number of hydrogen-bond acceptors (Lipinski definition) is 3. The van der Waals surface area contributed by atoms with E-state index in [0.717, 1.165) is 12.1 Å². The van der Waals surface area contributed by atoms with Crippen molar-refractivity contribution in [2.24, 2.45) is 0 Å². The first-order valence-corrected chi connectivity index (χ1v) is 5.09. The monoisotopic (exact) mass is 207 g/mol. The second-order valence-corrected chi connectivity index (χ2v) is 3.29. The number of amides is 1. The van der Waals surface area contributed by atoms with Gasteiger partial charge in [0.15, 0.2) is 0 Å². The fourth-order valence-corrected chi connectivity index (χ4v) is 1.16. The Kier molecular flexibility index (Phi) is 4.47. The molecule has 4 nitrogen and oxygen atoms in total. The summed E-state index contributed by atoms with van der Waals surface area (Å²) in [6.07, 6.45) is 0.944. The minimum absolute atomic E-state index is 0.0138. The van der Waals surface area contributed by atoms with Crippen molar-refractivity contribution in [3.8, 4) is 0 Å². The van der Waals surface area contributed by atoms with Crippen LogP contribution < -0.4 is 16.4 Å². The molecule has 4 N–H and O–H groups in total. The number of nitrogen functional groups attached to an aromatic ring is 1. The lowest BCUT2D eigenvalue weighted by Gasteiger charge is -2.08. The number of rotatable bonds is 5. The Bertz CT molecular complexity index is 325. The number of para-hydroxylation sites is 2. The summed E-state index contributed by atoms with van der Waals surface area (Å²) in [5, 5.41) is 5.76. The van der Waals surface area contributed by atoms with Crippen molar-refractivity contribution in [2.75, 3.05) is 24.1 Å². The van der Waals surface area contributed by atoms with Crippen LogP contribution >= 0.6 is 0 Å². The number of hydrogen-bond donors (Lipinski definition) is 3. The number of carbonyl (C=O) groups is 1. The van der Waals surface area contributed by atoms with E-state index in [1.54, 1.807) is 6.07 Å². The fraction of sp³-hybridized carbons (Fsp3) is 0.364. The minimum Gasteiger partial charge on any atom is -0.397 e. The third kappa shape index (κ3) is 3.89. The maximum absolute atomic E-state index is 11.3. The Morgan fingerprint density at radius 3 is 2.80 bits per heavy atom. The molecule has 0 unspecified atom stereocenters. The lowest BCUT2D eigenvalue weighted by Crippen LogP contribution is -2.30. The summed E-state index contributed by atoms with van der Waals surface area (Å²) in [7, 11) is 0. The summed E-state index contributed by atoms with van der Waals surface area (Å²) < 4.78 is 0. The Labute approximate surface area is 89.9 Å². The molecule has 15 heavy (non-hydrogen) atoms. The molecule has 0 bridgehead atoms. The first kappa shape index (κ1) is 11.4. The van der Waals surface area contributed by atoms with Crippen LogP contribution in [0, 0.1) is 0 Å². The third-order valence-corrected chi connectivity index (χ3v) is 1.97. The lowest BCUT2D eigenvalue weighted by atomic mass is 10.2. The van der Waals surface area contributed by atoms with Crippen LogP contribution in [0.4, 0.5) is 11.4 Å². The van der Waals surface area contributed by atoms with Crippen molar-refractivity contribution >= 4 is 17.3 Å². The van der Waals surface area contributed by atoms with Gasteiger partial charge in [0.25, 0.3) is 0 Å². The largest absolute Gasteiger partial charge is 0.397 e. The highest BCUT2D eigenvalue weighted by Crippen LogP contribution is 2.15. The van der Waals surface area contributed by atoms with Gasteiger partial charge in [-0.2, -0.15) is 0 Å². The highest BCUT2D eigenvalue weighted by Gasteiger charge is 2.01. The van der Waals surface area contributed by atoms with Gasteiger partial charge in [-0.1, -0.05) is 19.1 Å². The molecule has 1 amide bonds. The number of nitrogens with two attached hydrogens (primary N) is 1.